The third-order valence-corrected chi connectivity index (χ3v) is 2.55. The molecule has 0 aromatic rings. The number of aliphatic hydroxyl groups excluding tert-OH is 1. The Bertz CT molecular complexity index is 172. The molecule has 0 aliphatic heterocycles. The van der Waals surface area contributed by atoms with Gasteiger partial charge in [-0.2, -0.15) is 13.2 Å². The fraction of sp³-hybridized carbons (Fsp3) is 1.00. The first-order chi connectivity index (χ1) is 7.98. The quantitative estimate of drug-likeness (QED) is 0.604. The highest BCUT2D eigenvalue weighted by Crippen LogP contribution is 2.20. The average Bonchev–Trinajstić information content (AvgIpc) is 2.25. The van der Waals surface area contributed by atoms with Gasteiger partial charge in [0.15, 0.2) is 6.10 Å². The van der Waals surface area contributed by atoms with Gasteiger partial charge in [-0.1, -0.05) is 45.4 Å². The van der Waals surface area contributed by atoms with Gasteiger partial charge in [0.2, 0.25) is 0 Å². The topological polar surface area (TPSA) is 29.5 Å². The van der Waals surface area contributed by atoms with E-state index in [1.807, 2.05) is 0 Å². The lowest BCUT2D eigenvalue weighted by Crippen LogP contribution is -2.33. The summed E-state index contributed by atoms with van der Waals surface area (Å²) >= 11 is 0. The van der Waals surface area contributed by atoms with E-state index in [0.717, 1.165) is 19.3 Å². The van der Waals surface area contributed by atoms with Gasteiger partial charge < -0.3 is 9.84 Å². The smallest absolute Gasteiger partial charge is 0.382 e. The first kappa shape index (κ1) is 16.7. The minimum atomic E-state index is -4.57. The summed E-state index contributed by atoms with van der Waals surface area (Å²) in [6.45, 7) is 1.79. The van der Waals surface area contributed by atoms with Gasteiger partial charge in [0.05, 0.1) is 6.61 Å². The van der Waals surface area contributed by atoms with Crippen molar-refractivity contribution in [1.82, 2.24) is 0 Å². The van der Waals surface area contributed by atoms with Crippen LogP contribution in [0.1, 0.15) is 51.9 Å². The molecule has 0 saturated carbocycles. The van der Waals surface area contributed by atoms with Crippen LogP contribution in [0.4, 0.5) is 13.2 Å². The van der Waals surface area contributed by atoms with Gasteiger partial charge in [0, 0.05) is 6.61 Å². The third-order valence-electron chi connectivity index (χ3n) is 2.55. The van der Waals surface area contributed by atoms with Crippen LogP contribution in [0.25, 0.3) is 0 Å². The highest BCUT2D eigenvalue weighted by Gasteiger charge is 2.38. The molecule has 0 aliphatic rings. The summed E-state index contributed by atoms with van der Waals surface area (Å²) in [6.07, 6.45) is 0.774. The molecule has 0 aromatic carbocycles. The second-order valence-electron chi connectivity index (χ2n) is 4.25. The summed E-state index contributed by atoms with van der Waals surface area (Å²) in [5.74, 6) is 0. The lowest BCUT2D eigenvalue weighted by molar-refractivity contribution is -0.217. The number of aliphatic hydroxyl groups is 1. The molecule has 2 nitrogen and oxygen atoms in total. The Labute approximate surface area is 101 Å². The number of unbranched alkanes of at least 4 members (excludes halogenated alkanes) is 6. The van der Waals surface area contributed by atoms with E-state index in [1.165, 1.54) is 25.7 Å². The van der Waals surface area contributed by atoms with Gasteiger partial charge >= 0.3 is 6.18 Å². The average molecular weight is 256 g/mol. The van der Waals surface area contributed by atoms with Crippen molar-refractivity contribution in [1.29, 1.82) is 0 Å². The summed E-state index contributed by atoms with van der Waals surface area (Å²) in [4.78, 5) is 0. The third kappa shape index (κ3) is 10.6. The lowest BCUT2D eigenvalue weighted by atomic mass is 10.1. The van der Waals surface area contributed by atoms with Crippen LogP contribution in [-0.2, 0) is 4.74 Å². The number of rotatable bonds is 10. The predicted octanol–water partition coefficient (Wildman–Crippen LogP) is 3.68. The molecule has 0 aromatic heterocycles. The highest BCUT2D eigenvalue weighted by atomic mass is 19.4. The maximum atomic E-state index is 11.9. The normalized spacial score (nSPS) is 13.9. The molecule has 0 spiro atoms. The molecule has 0 saturated heterocycles. The van der Waals surface area contributed by atoms with Gasteiger partial charge in [-0.25, -0.2) is 0 Å². The summed E-state index contributed by atoms with van der Waals surface area (Å²) in [7, 11) is 0. The van der Waals surface area contributed by atoms with Crippen molar-refractivity contribution in [3.05, 3.63) is 0 Å². The van der Waals surface area contributed by atoms with Gasteiger partial charge in [-0.15, -0.1) is 0 Å². The summed E-state index contributed by atoms with van der Waals surface area (Å²) in [6, 6.07) is 0. The standard InChI is InChI=1S/C12H23F3O2/c1-2-3-4-5-6-7-8-9-17-10-11(16)12(13,14)15/h11,16H,2-10H2,1H3. The Morgan fingerprint density at radius 3 is 2.06 bits per heavy atom. The zero-order chi connectivity index (χ0) is 13.1. The molecule has 1 N–H and O–H groups in total. The number of alkyl halides is 3. The summed E-state index contributed by atoms with van der Waals surface area (Å²) in [5.41, 5.74) is 0. The number of hydrogen-bond donors (Lipinski definition) is 1. The molecule has 0 aliphatic carbocycles. The van der Waals surface area contributed by atoms with E-state index >= 15 is 0 Å². The van der Waals surface area contributed by atoms with E-state index in [-0.39, 0.29) is 0 Å². The van der Waals surface area contributed by atoms with Crippen molar-refractivity contribution < 1.29 is 23.0 Å². The molecule has 0 heterocycles. The first-order valence-electron chi connectivity index (χ1n) is 6.31. The maximum Gasteiger partial charge on any atom is 0.416 e. The predicted molar refractivity (Wildman–Crippen MR) is 60.9 cm³/mol. The molecule has 0 amide bonds. The molecule has 5 heteroatoms. The molecule has 1 atom stereocenters. The summed E-state index contributed by atoms with van der Waals surface area (Å²) < 4.78 is 40.4. The van der Waals surface area contributed by atoms with Crippen LogP contribution in [0.2, 0.25) is 0 Å². The minimum Gasteiger partial charge on any atom is -0.382 e. The van der Waals surface area contributed by atoms with Crippen molar-refractivity contribution in [3.63, 3.8) is 0 Å². The molecule has 17 heavy (non-hydrogen) atoms. The zero-order valence-corrected chi connectivity index (χ0v) is 10.4. The van der Waals surface area contributed by atoms with E-state index in [2.05, 4.69) is 6.92 Å². The molecule has 0 bridgehead atoms. The van der Waals surface area contributed by atoms with Crippen molar-refractivity contribution in [3.8, 4) is 0 Å². The molecular formula is C12H23F3O2. The monoisotopic (exact) mass is 256 g/mol. The van der Waals surface area contributed by atoms with E-state index in [0.29, 0.717) is 6.61 Å². The van der Waals surface area contributed by atoms with Gasteiger partial charge in [0.25, 0.3) is 0 Å². The second-order valence-corrected chi connectivity index (χ2v) is 4.25. The van der Waals surface area contributed by atoms with E-state index in [1.54, 1.807) is 0 Å². The molecule has 0 radical (unpaired) electrons. The Morgan fingerprint density at radius 2 is 1.53 bits per heavy atom. The number of halogens is 3. The van der Waals surface area contributed by atoms with Crippen LogP contribution in [0.3, 0.4) is 0 Å². The van der Waals surface area contributed by atoms with Crippen molar-refractivity contribution in [2.75, 3.05) is 13.2 Å². The van der Waals surface area contributed by atoms with E-state index < -0.39 is 18.9 Å². The van der Waals surface area contributed by atoms with Crippen LogP contribution >= 0.6 is 0 Å². The van der Waals surface area contributed by atoms with Crippen molar-refractivity contribution in [2.45, 2.75) is 64.1 Å². The van der Waals surface area contributed by atoms with Gasteiger partial charge in [-0.3, -0.25) is 0 Å². The Kier molecular flexibility index (Phi) is 9.55. The Hall–Kier alpha value is -0.290. The highest BCUT2D eigenvalue weighted by molar-refractivity contribution is 4.63. The minimum absolute atomic E-state index is 0.293. The largest absolute Gasteiger partial charge is 0.416 e. The Morgan fingerprint density at radius 1 is 1.00 bits per heavy atom. The van der Waals surface area contributed by atoms with Crippen LogP contribution in [0.5, 0.6) is 0 Å². The fourth-order valence-corrected chi connectivity index (χ4v) is 1.45. The summed E-state index contributed by atoms with van der Waals surface area (Å²) in [5, 5.41) is 8.64. The molecule has 0 fully saturated rings. The van der Waals surface area contributed by atoms with Crippen LogP contribution < -0.4 is 0 Å². The number of ether oxygens (including phenoxy) is 1. The van der Waals surface area contributed by atoms with E-state index in [9.17, 15) is 13.2 Å². The van der Waals surface area contributed by atoms with Crippen LogP contribution in [0.15, 0.2) is 0 Å². The maximum absolute atomic E-state index is 11.9. The number of hydrogen-bond acceptors (Lipinski definition) is 2. The molecule has 0 rings (SSSR count). The Balaban J connectivity index is 3.19. The van der Waals surface area contributed by atoms with Crippen molar-refractivity contribution >= 4 is 0 Å². The van der Waals surface area contributed by atoms with Gasteiger partial charge in [-0.05, 0) is 6.42 Å². The molecule has 104 valence electrons. The molecule has 1 unspecified atom stereocenters. The fourth-order valence-electron chi connectivity index (χ4n) is 1.45. The van der Waals surface area contributed by atoms with E-state index in [4.69, 9.17) is 9.84 Å². The van der Waals surface area contributed by atoms with Crippen molar-refractivity contribution in [2.24, 2.45) is 0 Å². The second kappa shape index (κ2) is 9.71. The zero-order valence-electron chi connectivity index (χ0n) is 10.4. The van der Waals surface area contributed by atoms with Gasteiger partial charge in [0.1, 0.15) is 0 Å². The molecular weight excluding hydrogens is 233 g/mol. The lowest BCUT2D eigenvalue weighted by Gasteiger charge is -2.14. The first-order valence-corrected chi connectivity index (χ1v) is 6.31. The SMILES string of the molecule is CCCCCCCCCOCC(O)C(F)(F)F. The van der Waals surface area contributed by atoms with Crippen LogP contribution in [0, 0.1) is 0 Å². The van der Waals surface area contributed by atoms with Crippen LogP contribution in [-0.4, -0.2) is 30.6 Å².